The SMILES string of the molecule is CCOc1cccc(CNC(=NC)NCc2ccc(CC)s2)c1.I. The lowest BCUT2D eigenvalue weighted by molar-refractivity contribution is 0.340. The minimum atomic E-state index is 0. The van der Waals surface area contributed by atoms with Crippen LogP contribution in [-0.2, 0) is 19.5 Å². The molecular formula is C18H26IN3OS. The summed E-state index contributed by atoms with van der Waals surface area (Å²) in [4.78, 5) is 7.01. The minimum Gasteiger partial charge on any atom is -0.494 e. The van der Waals surface area contributed by atoms with Crippen molar-refractivity contribution in [1.82, 2.24) is 10.6 Å². The second kappa shape index (κ2) is 11.3. The molecule has 0 unspecified atom stereocenters. The van der Waals surface area contributed by atoms with E-state index in [0.717, 1.165) is 24.7 Å². The average Bonchev–Trinajstić information content (AvgIpc) is 3.04. The maximum absolute atomic E-state index is 5.53. The molecule has 1 heterocycles. The van der Waals surface area contributed by atoms with Crippen molar-refractivity contribution >= 4 is 41.3 Å². The lowest BCUT2D eigenvalue weighted by Crippen LogP contribution is -2.36. The molecule has 0 spiro atoms. The van der Waals surface area contributed by atoms with E-state index in [1.807, 2.05) is 30.4 Å². The second-order valence-corrected chi connectivity index (χ2v) is 6.33. The Balaban J connectivity index is 0.00000288. The number of guanidine groups is 1. The van der Waals surface area contributed by atoms with Gasteiger partial charge in [0, 0.05) is 23.3 Å². The number of halogens is 1. The summed E-state index contributed by atoms with van der Waals surface area (Å²) in [5, 5.41) is 6.69. The van der Waals surface area contributed by atoms with Gasteiger partial charge in [0.15, 0.2) is 5.96 Å². The zero-order chi connectivity index (χ0) is 16.5. The largest absolute Gasteiger partial charge is 0.494 e. The van der Waals surface area contributed by atoms with Crippen molar-refractivity contribution in [2.75, 3.05) is 13.7 Å². The Morgan fingerprint density at radius 1 is 1.08 bits per heavy atom. The molecule has 0 aliphatic heterocycles. The van der Waals surface area contributed by atoms with E-state index in [2.05, 4.69) is 46.8 Å². The van der Waals surface area contributed by atoms with Gasteiger partial charge in [0.1, 0.15) is 5.75 Å². The van der Waals surface area contributed by atoms with Crippen LogP contribution in [0, 0.1) is 0 Å². The third kappa shape index (κ3) is 6.68. The molecule has 2 N–H and O–H groups in total. The first kappa shape index (κ1) is 20.8. The zero-order valence-corrected chi connectivity index (χ0v) is 17.6. The van der Waals surface area contributed by atoms with Crippen molar-refractivity contribution in [2.24, 2.45) is 4.99 Å². The first-order valence-corrected chi connectivity index (χ1v) is 8.80. The number of aryl methyl sites for hydroxylation is 1. The standard InChI is InChI=1S/C18H25N3OS.HI/c1-4-16-9-10-17(23-16)13-21-18(19-3)20-12-14-7-6-8-15(11-14)22-5-2;/h6-11H,4-5,12-13H2,1-3H3,(H2,19,20,21);1H. The van der Waals surface area contributed by atoms with Gasteiger partial charge >= 0.3 is 0 Å². The van der Waals surface area contributed by atoms with Gasteiger partial charge in [0.05, 0.1) is 13.2 Å². The summed E-state index contributed by atoms with van der Waals surface area (Å²) < 4.78 is 5.53. The number of hydrogen-bond acceptors (Lipinski definition) is 3. The van der Waals surface area contributed by atoms with Gasteiger partial charge in [0.25, 0.3) is 0 Å². The predicted octanol–water partition coefficient (Wildman–Crippen LogP) is 4.19. The maximum atomic E-state index is 5.53. The van der Waals surface area contributed by atoms with Crippen LogP contribution in [0.15, 0.2) is 41.4 Å². The van der Waals surface area contributed by atoms with Crippen molar-refractivity contribution in [2.45, 2.75) is 33.4 Å². The number of nitrogens with zero attached hydrogens (tertiary/aromatic N) is 1. The molecule has 0 aliphatic rings. The van der Waals surface area contributed by atoms with Gasteiger partial charge < -0.3 is 15.4 Å². The maximum Gasteiger partial charge on any atom is 0.191 e. The van der Waals surface area contributed by atoms with Crippen molar-refractivity contribution in [1.29, 1.82) is 0 Å². The Morgan fingerprint density at radius 2 is 1.83 bits per heavy atom. The van der Waals surface area contributed by atoms with E-state index in [1.165, 1.54) is 15.3 Å². The minimum absolute atomic E-state index is 0. The fraction of sp³-hybridized carbons (Fsp3) is 0.389. The van der Waals surface area contributed by atoms with Crippen LogP contribution in [0.1, 0.15) is 29.2 Å². The third-order valence-corrected chi connectivity index (χ3v) is 4.62. The lowest BCUT2D eigenvalue weighted by Gasteiger charge is -2.12. The molecule has 6 heteroatoms. The van der Waals surface area contributed by atoms with Gasteiger partial charge in [-0.1, -0.05) is 19.1 Å². The molecule has 0 saturated carbocycles. The van der Waals surface area contributed by atoms with E-state index < -0.39 is 0 Å². The number of hydrogen-bond donors (Lipinski definition) is 2. The van der Waals surface area contributed by atoms with Crippen LogP contribution in [0.25, 0.3) is 0 Å². The molecule has 0 atom stereocenters. The summed E-state index contributed by atoms with van der Waals surface area (Å²) in [5.41, 5.74) is 1.17. The number of aliphatic imine (C=N–C) groups is 1. The molecule has 2 rings (SSSR count). The molecule has 2 aromatic rings. The summed E-state index contributed by atoms with van der Waals surface area (Å²) in [5.74, 6) is 1.71. The molecule has 1 aromatic carbocycles. The number of thiophene rings is 1. The van der Waals surface area contributed by atoms with Crippen LogP contribution in [0.5, 0.6) is 5.75 Å². The van der Waals surface area contributed by atoms with Crippen LogP contribution >= 0.6 is 35.3 Å². The Labute approximate surface area is 165 Å². The zero-order valence-electron chi connectivity index (χ0n) is 14.5. The molecule has 0 bridgehead atoms. The number of rotatable bonds is 7. The number of benzene rings is 1. The summed E-state index contributed by atoms with van der Waals surface area (Å²) in [6.07, 6.45) is 1.09. The first-order valence-electron chi connectivity index (χ1n) is 7.99. The first-order chi connectivity index (χ1) is 11.2. The van der Waals surface area contributed by atoms with Crippen molar-refractivity contribution in [3.05, 3.63) is 51.7 Å². The smallest absolute Gasteiger partial charge is 0.191 e. The summed E-state index contributed by atoms with van der Waals surface area (Å²) in [6, 6.07) is 12.5. The van der Waals surface area contributed by atoms with Gasteiger partial charge in [-0.05, 0) is 43.2 Å². The fourth-order valence-corrected chi connectivity index (χ4v) is 3.09. The van der Waals surface area contributed by atoms with Crippen LogP contribution in [0.3, 0.4) is 0 Å². The van der Waals surface area contributed by atoms with Gasteiger partial charge in [-0.25, -0.2) is 0 Å². The van der Waals surface area contributed by atoms with Crippen LogP contribution in [-0.4, -0.2) is 19.6 Å². The molecule has 4 nitrogen and oxygen atoms in total. The highest BCUT2D eigenvalue weighted by Crippen LogP contribution is 2.16. The van der Waals surface area contributed by atoms with Gasteiger partial charge in [-0.3, -0.25) is 4.99 Å². The van der Waals surface area contributed by atoms with Crippen LogP contribution in [0.4, 0.5) is 0 Å². The Kier molecular flexibility index (Phi) is 9.78. The topological polar surface area (TPSA) is 45.6 Å². The summed E-state index contributed by atoms with van der Waals surface area (Å²) in [7, 11) is 1.79. The second-order valence-electron chi connectivity index (χ2n) is 5.08. The van der Waals surface area contributed by atoms with Crippen LogP contribution < -0.4 is 15.4 Å². The predicted molar refractivity (Wildman–Crippen MR) is 114 cm³/mol. The number of nitrogens with one attached hydrogen (secondary N) is 2. The number of ether oxygens (including phenoxy) is 1. The van der Waals surface area contributed by atoms with Gasteiger partial charge in [0.2, 0.25) is 0 Å². The van der Waals surface area contributed by atoms with Crippen molar-refractivity contribution in [3.8, 4) is 5.75 Å². The Bertz CT molecular complexity index is 643. The monoisotopic (exact) mass is 459 g/mol. The highest BCUT2D eigenvalue weighted by atomic mass is 127. The molecule has 24 heavy (non-hydrogen) atoms. The normalized spacial score (nSPS) is 10.9. The van der Waals surface area contributed by atoms with Crippen LogP contribution in [0.2, 0.25) is 0 Å². The van der Waals surface area contributed by atoms with Crippen molar-refractivity contribution in [3.63, 3.8) is 0 Å². The van der Waals surface area contributed by atoms with E-state index >= 15 is 0 Å². The molecule has 0 fully saturated rings. The fourth-order valence-electron chi connectivity index (χ4n) is 2.20. The van der Waals surface area contributed by atoms with E-state index in [4.69, 9.17) is 4.74 Å². The van der Waals surface area contributed by atoms with E-state index in [1.54, 1.807) is 7.05 Å². The molecule has 132 valence electrons. The Hall–Kier alpha value is -1.28. The van der Waals surface area contributed by atoms with Crippen molar-refractivity contribution < 1.29 is 4.74 Å². The summed E-state index contributed by atoms with van der Waals surface area (Å²) in [6.45, 7) is 6.36. The Morgan fingerprint density at radius 3 is 2.50 bits per heavy atom. The van der Waals surface area contributed by atoms with E-state index in [0.29, 0.717) is 13.2 Å². The molecule has 1 aromatic heterocycles. The molecule has 0 radical (unpaired) electrons. The van der Waals surface area contributed by atoms with E-state index in [-0.39, 0.29) is 24.0 Å². The summed E-state index contributed by atoms with van der Waals surface area (Å²) >= 11 is 1.85. The molecule has 0 saturated heterocycles. The molecule has 0 aliphatic carbocycles. The molecular weight excluding hydrogens is 433 g/mol. The van der Waals surface area contributed by atoms with Gasteiger partial charge in [-0.15, -0.1) is 35.3 Å². The highest BCUT2D eigenvalue weighted by molar-refractivity contribution is 14.0. The average molecular weight is 459 g/mol. The molecule has 0 amide bonds. The third-order valence-electron chi connectivity index (χ3n) is 3.39. The van der Waals surface area contributed by atoms with Gasteiger partial charge in [-0.2, -0.15) is 0 Å². The van der Waals surface area contributed by atoms with E-state index in [9.17, 15) is 0 Å². The quantitative estimate of drug-likeness (QED) is 0.371. The highest BCUT2D eigenvalue weighted by Gasteiger charge is 2.02. The lowest BCUT2D eigenvalue weighted by atomic mass is 10.2.